The lowest BCUT2D eigenvalue weighted by Crippen LogP contribution is -2.37. The first-order valence-corrected chi connectivity index (χ1v) is 8.09. The van der Waals surface area contributed by atoms with Gasteiger partial charge in [-0.05, 0) is 38.8 Å². The van der Waals surface area contributed by atoms with Crippen LogP contribution in [-0.2, 0) is 10.0 Å². The summed E-state index contributed by atoms with van der Waals surface area (Å²) in [5.41, 5.74) is 0.473. The van der Waals surface area contributed by atoms with Gasteiger partial charge in [-0.2, -0.15) is 0 Å². The fourth-order valence-corrected chi connectivity index (χ4v) is 3.28. The maximum absolute atomic E-state index is 12.2. The van der Waals surface area contributed by atoms with Crippen molar-refractivity contribution in [1.29, 1.82) is 0 Å². The minimum absolute atomic E-state index is 0.421. The molecule has 0 radical (unpaired) electrons. The van der Waals surface area contributed by atoms with Crippen LogP contribution in [0.25, 0.3) is 0 Å². The summed E-state index contributed by atoms with van der Waals surface area (Å²) in [7, 11) is -3.39. The molecule has 1 aliphatic heterocycles. The third kappa shape index (κ3) is 3.95. The molecule has 1 fully saturated rings. The number of aromatic nitrogens is 2. The minimum atomic E-state index is -3.39. The minimum Gasteiger partial charge on any atom is -0.317 e. The summed E-state index contributed by atoms with van der Waals surface area (Å²) in [5, 5.41) is 2.59. The summed E-state index contributed by atoms with van der Waals surface area (Å²) in [6.07, 6.45) is 6.57. The topological polar surface area (TPSA) is 84.0 Å². The van der Waals surface area contributed by atoms with Gasteiger partial charge in [-0.15, -0.1) is 0 Å². The molecule has 1 aliphatic rings. The van der Waals surface area contributed by atoms with Gasteiger partial charge in [-0.3, -0.25) is 9.97 Å². The van der Waals surface area contributed by atoms with Gasteiger partial charge >= 0.3 is 0 Å². The Morgan fingerprint density at radius 1 is 1.42 bits per heavy atom. The number of rotatable bonds is 5. The van der Waals surface area contributed by atoms with Gasteiger partial charge in [0.1, 0.15) is 5.25 Å². The van der Waals surface area contributed by atoms with Gasteiger partial charge in [-0.25, -0.2) is 13.1 Å². The molecule has 0 bridgehead atoms. The van der Waals surface area contributed by atoms with Gasteiger partial charge in [0.2, 0.25) is 10.0 Å². The van der Waals surface area contributed by atoms with E-state index in [0.29, 0.717) is 18.2 Å². The highest BCUT2D eigenvalue weighted by atomic mass is 32.2. The van der Waals surface area contributed by atoms with E-state index in [1.165, 1.54) is 18.6 Å². The summed E-state index contributed by atoms with van der Waals surface area (Å²) in [6, 6.07) is 0. The smallest absolute Gasteiger partial charge is 0.220 e. The molecule has 0 aromatic carbocycles. The van der Waals surface area contributed by atoms with Crippen LogP contribution in [0.15, 0.2) is 18.6 Å². The molecule has 1 saturated heterocycles. The van der Waals surface area contributed by atoms with Gasteiger partial charge in [-0.1, -0.05) is 0 Å². The zero-order valence-corrected chi connectivity index (χ0v) is 11.9. The Morgan fingerprint density at radius 2 is 2.16 bits per heavy atom. The molecule has 0 aliphatic carbocycles. The molecule has 6 nitrogen and oxygen atoms in total. The van der Waals surface area contributed by atoms with E-state index in [2.05, 4.69) is 20.0 Å². The highest BCUT2D eigenvalue weighted by Crippen LogP contribution is 2.18. The van der Waals surface area contributed by atoms with Crippen LogP contribution in [0.2, 0.25) is 0 Å². The first kappa shape index (κ1) is 14.4. The number of nitrogens with one attached hydrogen (secondary N) is 2. The van der Waals surface area contributed by atoms with Gasteiger partial charge in [0, 0.05) is 25.1 Å². The zero-order chi connectivity index (χ0) is 13.7. The van der Waals surface area contributed by atoms with Crippen LogP contribution in [0.1, 0.15) is 30.7 Å². The normalized spacial score (nSPS) is 19.2. The van der Waals surface area contributed by atoms with Crippen molar-refractivity contribution in [2.45, 2.75) is 25.0 Å². The maximum atomic E-state index is 12.2. The van der Waals surface area contributed by atoms with Crippen molar-refractivity contribution < 1.29 is 8.42 Å². The molecular formula is C12H20N4O2S. The fraction of sp³-hybridized carbons (Fsp3) is 0.667. The monoisotopic (exact) mass is 284 g/mol. The molecule has 2 rings (SSSR count). The summed E-state index contributed by atoms with van der Waals surface area (Å²) in [4.78, 5) is 7.95. The average Bonchev–Trinajstić information content (AvgIpc) is 2.46. The van der Waals surface area contributed by atoms with Crippen molar-refractivity contribution in [3.8, 4) is 0 Å². The van der Waals surface area contributed by atoms with Crippen LogP contribution in [0.4, 0.5) is 0 Å². The summed E-state index contributed by atoms with van der Waals surface area (Å²) in [5.74, 6) is 0.421. The molecule has 1 aromatic rings. The number of piperidine rings is 1. The zero-order valence-electron chi connectivity index (χ0n) is 11.0. The molecule has 1 unspecified atom stereocenters. The van der Waals surface area contributed by atoms with E-state index in [1.54, 1.807) is 6.92 Å². The predicted octanol–water partition coefficient (Wildman–Crippen LogP) is 0.457. The van der Waals surface area contributed by atoms with Gasteiger partial charge < -0.3 is 5.32 Å². The van der Waals surface area contributed by atoms with Crippen LogP contribution in [0.3, 0.4) is 0 Å². The van der Waals surface area contributed by atoms with Gasteiger partial charge in [0.15, 0.2) is 0 Å². The van der Waals surface area contributed by atoms with Crippen molar-refractivity contribution in [2.24, 2.45) is 5.92 Å². The van der Waals surface area contributed by atoms with Crippen LogP contribution < -0.4 is 10.0 Å². The van der Waals surface area contributed by atoms with Crippen LogP contribution in [0, 0.1) is 5.92 Å². The van der Waals surface area contributed by atoms with Crippen molar-refractivity contribution in [2.75, 3.05) is 19.6 Å². The van der Waals surface area contributed by atoms with E-state index >= 15 is 0 Å². The number of hydrogen-bond acceptors (Lipinski definition) is 5. The Hall–Kier alpha value is -1.05. The Bertz CT molecular complexity index is 486. The quantitative estimate of drug-likeness (QED) is 0.820. The van der Waals surface area contributed by atoms with E-state index in [-0.39, 0.29) is 0 Å². The highest BCUT2D eigenvalue weighted by molar-refractivity contribution is 7.89. The largest absolute Gasteiger partial charge is 0.317 e. The van der Waals surface area contributed by atoms with E-state index in [9.17, 15) is 8.42 Å². The molecule has 2 N–H and O–H groups in total. The summed E-state index contributed by atoms with van der Waals surface area (Å²) >= 11 is 0. The second-order valence-electron chi connectivity index (χ2n) is 4.86. The summed E-state index contributed by atoms with van der Waals surface area (Å²) in [6.45, 7) is 4.07. The Balaban J connectivity index is 1.94. The lowest BCUT2D eigenvalue weighted by molar-refractivity contribution is 0.372. The van der Waals surface area contributed by atoms with Crippen LogP contribution >= 0.6 is 0 Å². The third-order valence-corrected chi connectivity index (χ3v) is 5.24. The van der Waals surface area contributed by atoms with Gasteiger partial charge in [0.05, 0.1) is 5.69 Å². The Morgan fingerprint density at radius 3 is 2.79 bits per heavy atom. The van der Waals surface area contributed by atoms with E-state index < -0.39 is 15.3 Å². The van der Waals surface area contributed by atoms with Crippen LogP contribution in [-0.4, -0.2) is 38.0 Å². The van der Waals surface area contributed by atoms with Crippen molar-refractivity contribution in [1.82, 2.24) is 20.0 Å². The molecule has 19 heavy (non-hydrogen) atoms. The second-order valence-corrected chi connectivity index (χ2v) is 6.95. The lowest BCUT2D eigenvalue weighted by atomic mass is 9.99. The van der Waals surface area contributed by atoms with Gasteiger partial charge in [0.25, 0.3) is 0 Å². The Kier molecular flexibility index (Phi) is 4.84. The number of sulfonamides is 1. The van der Waals surface area contributed by atoms with Crippen molar-refractivity contribution in [3.05, 3.63) is 24.3 Å². The highest BCUT2D eigenvalue weighted by Gasteiger charge is 2.25. The fourth-order valence-electron chi connectivity index (χ4n) is 2.12. The molecule has 1 atom stereocenters. The second kappa shape index (κ2) is 6.40. The van der Waals surface area contributed by atoms with Crippen molar-refractivity contribution in [3.63, 3.8) is 0 Å². The van der Waals surface area contributed by atoms with E-state index in [0.717, 1.165) is 25.9 Å². The van der Waals surface area contributed by atoms with E-state index in [1.807, 2.05) is 0 Å². The third-order valence-electron chi connectivity index (χ3n) is 3.50. The molecule has 7 heteroatoms. The molecule has 0 amide bonds. The first-order chi connectivity index (χ1) is 9.09. The SMILES string of the molecule is CC(c1cnccn1)S(=O)(=O)NCC1CCNCC1. The number of nitrogens with zero attached hydrogens (tertiary/aromatic N) is 2. The van der Waals surface area contributed by atoms with E-state index in [4.69, 9.17) is 0 Å². The number of hydrogen-bond donors (Lipinski definition) is 2. The molecular weight excluding hydrogens is 264 g/mol. The summed E-state index contributed by atoms with van der Waals surface area (Å²) < 4.78 is 27.1. The van der Waals surface area contributed by atoms with Crippen molar-refractivity contribution >= 4 is 10.0 Å². The standard InChI is InChI=1S/C12H20N4O2S/c1-10(12-9-14-6-7-15-12)19(17,18)16-8-11-2-4-13-5-3-11/h6-7,9-11,13,16H,2-5,8H2,1H3. The lowest BCUT2D eigenvalue weighted by Gasteiger charge is -2.23. The molecule has 0 saturated carbocycles. The average molecular weight is 284 g/mol. The first-order valence-electron chi connectivity index (χ1n) is 6.54. The maximum Gasteiger partial charge on any atom is 0.220 e. The predicted molar refractivity (Wildman–Crippen MR) is 73.0 cm³/mol. The molecule has 0 spiro atoms. The van der Waals surface area contributed by atoms with Crippen LogP contribution in [0.5, 0.6) is 0 Å². The molecule has 106 valence electrons. The molecule has 1 aromatic heterocycles. The molecule has 2 heterocycles. The Labute approximate surface area is 114 Å².